The molecule has 0 bridgehead atoms. The van der Waals surface area contributed by atoms with Crippen LogP contribution in [0, 0.1) is 0 Å². The minimum Gasteiger partial charge on any atom is -0.326 e. The molecular formula is C19H23N3O4S2. The van der Waals surface area contributed by atoms with Crippen LogP contribution in [0.2, 0.25) is 0 Å². The fourth-order valence-corrected chi connectivity index (χ4v) is 4.08. The van der Waals surface area contributed by atoms with Gasteiger partial charge in [0, 0.05) is 37.3 Å². The summed E-state index contributed by atoms with van der Waals surface area (Å²) in [4.78, 5) is 24.5. The molecule has 0 aliphatic heterocycles. The van der Waals surface area contributed by atoms with Gasteiger partial charge in [0.1, 0.15) is 0 Å². The van der Waals surface area contributed by atoms with E-state index in [0.717, 1.165) is 9.20 Å². The number of benzene rings is 2. The highest BCUT2D eigenvalue weighted by atomic mass is 32.2. The lowest BCUT2D eigenvalue weighted by molar-refractivity contribution is -0.115. The van der Waals surface area contributed by atoms with Gasteiger partial charge in [-0.25, -0.2) is 12.7 Å². The lowest BCUT2D eigenvalue weighted by Crippen LogP contribution is -2.24. The van der Waals surface area contributed by atoms with E-state index in [4.69, 9.17) is 0 Å². The topological polar surface area (TPSA) is 95.6 Å². The molecular weight excluding hydrogens is 398 g/mol. The number of sulfonamides is 1. The second kappa shape index (κ2) is 9.22. The van der Waals surface area contributed by atoms with Crippen molar-refractivity contribution >= 4 is 45.0 Å². The van der Waals surface area contributed by atoms with E-state index < -0.39 is 15.3 Å². The normalized spacial score (nSPS) is 12.5. The number of nitrogens with zero attached hydrogens (tertiary/aromatic N) is 1. The zero-order chi connectivity index (χ0) is 20.9. The molecule has 0 unspecified atom stereocenters. The summed E-state index contributed by atoms with van der Waals surface area (Å²) in [5.74, 6) is -0.387. The monoisotopic (exact) mass is 421 g/mol. The maximum Gasteiger partial charge on any atom is 0.242 e. The van der Waals surface area contributed by atoms with Gasteiger partial charge < -0.3 is 10.6 Å². The van der Waals surface area contributed by atoms with E-state index in [2.05, 4.69) is 10.6 Å². The first-order chi connectivity index (χ1) is 13.1. The van der Waals surface area contributed by atoms with E-state index in [9.17, 15) is 18.0 Å². The van der Waals surface area contributed by atoms with Gasteiger partial charge in [0.25, 0.3) is 0 Å². The predicted octanol–water partition coefficient (Wildman–Crippen LogP) is 3.01. The van der Waals surface area contributed by atoms with Gasteiger partial charge in [-0.1, -0.05) is 6.07 Å². The molecule has 0 aliphatic carbocycles. The van der Waals surface area contributed by atoms with Gasteiger partial charge >= 0.3 is 0 Å². The Morgan fingerprint density at radius 1 is 1.00 bits per heavy atom. The number of thioether (sulfide) groups is 1. The van der Waals surface area contributed by atoms with Crippen molar-refractivity contribution in [3.8, 4) is 0 Å². The first-order valence-electron chi connectivity index (χ1n) is 8.47. The summed E-state index contributed by atoms with van der Waals surface area (Å²) >= 11 is 1.36. The molecule has 2 amide bonds. The van der Waals surface area contributed by atoms with Crippen LogP contribution in [0.3, 0.4) is 0 Å². The zero-order valence-electron chi connectivity index (χ0n) is 16.1. The smallest absolute Gasteiger partial charge is 0.242 e. The minimum atomic E-state index is -3.57. The van der Waals surface area contributed by atoms with Gasteiger partial charge in [-0.15, -0.1) is 11.8 Å². The van der Waals surface area contributed by atoms with Gasteiger partial charge in [0.05, 0.1) is 10.1 Å². The Labute approximate surface area is 169 Å². The number of rotatable bonds is 7. The minimum absolute atomic E-state index is 0.115. The number of hydrogen-bond acceptors (Lipinski definition) is 5. The molecule has 0 fully saturated rings. The quantitative estimate of drug-likeness (QED) is 0.670. The average Bonchev–Trinajstić information content (AvgIpc) is 2.63. The van der Waals surface area contributed by atoms with E-state index in [0.29, 0.717) is 11.4 Å². The largest absolute Gasteiger partial charge is 0.326 e. The molecule has 2 aromatic carbocycles. The van der Waals surface area contributed by atoms with Gasteiger partial charge in [0.2, 0.25) is 21.8 Å². The summed E-state index contributed by atoms with van der Waals surface area (Å²) in [6.07, 6.45) is 0. The Bertz CT molecular complexity index is 957. The summed E-state index contributed by atoms with van der Waals surface area (Å²) in [5, 5.41) is 5.04. The third kappa shape index (κ3) is 5.82. The van der Waals surface area contributed by atoms with Crippen LogP contribution in [0.4, 0.5) is 11.4 Å². The van der Waals surface area contributed by atoms with Crippen molar-refractivity contribution in [3.63, 3.8) is 0 Å². The highest BCUT2D eigenvalue weighted by Crippen LogP contribution is 2.26. The third-order valence-corrected chi connectivity index (χ3v) is 6.66. The molecule has 0 heterocycles. The van der Waals surface area contributed by atoms with E-state index in [1.165, 1.54) is 44.9 Å². The number of hydrogen-bond donors (Lipinski definition) is 2. The van der Waals surface area contributed by atoms with Crippen LogP contribution in [-0.2, 0) is 19.6 Å². The molecule has 0 saturated carbocycles. The summed E-state index contributed by atoms with van der Waals surface area (Å²) in [6.45, 7) is 3.20. The first kappa shape index (κ1) is 21.9. The van der Waals surface area contributed by atoms with Crippen LogP contribution in [0.1, 0.15) is 13.8 Å². The van der Waals surface area contributed by atoms with Crippen molar-refractivity contribution in [2.45, 2.75) is 28.9 Å². The second-order valence-corrected chi connectivity index (χ2v) is 9.84. The molecule has 150 valence electrons. The highest BCUT2D eigenvalue weighted by molar-refractivity contribution is 8.00. The number of anilines is 2. The molecule has 2 rings (SSSR count). The molecule has 2 aromatic rings. The molecule has 9 heteroatoms. The maximum atomic E-state index is 12.5. The predicted molar refractivity (Wildman–Crippen MR) is 112 cm³/mol. The van der Waals surface area contributed by atoms with Crippen molar-refractivity contribution in [2.75, 3.05) is 24.7 Å². The van der Waals surface area contributed by atoms with Crippen LogP contribution < -0.4 is 10.6 Å². The maximum absolute atomic E-state index is 12.5. The van der Waals surface area contributed by atoms with E-state index in [1.807, 2.05) is 12.1 Å². The Morgan fingerprint density at radius 3 is 2.21 bits per heavy atom. The molecule has 0 aromatic heterocycles. The lowest BCUT2D eigenvalue weighted by Gasteiger charge is -2.15. The van der Waals surface area contributed by atoms with E-state index in [-0.39, 0.29) is 16.7 Å². The van der Waals surface area contributed by atoms with Crippen LogP contribution in [0.5, 0.6) is 0 Å². The van der Waals surface area contributed by atoms with Crippen molar-refractivity contribution in [1.29, 1.82) is 0 Å². The Kier molecular flexibility index (Phi) is 7.22. The summed E-state index contributed by atoms with van der Waals surface area (Å²) < 4.78 is 25.6. The Morgan fingerprint density at radius 2 is 1.64 bits per heavy atom. The summed E-state index contributed by atoms with van der Waals surface area (Å²) in [5.41, 5.74) is 1.11. The molecule has 0 aliphatic rings. The number of carbonyl (C=O) groups excluding carboxylic acids is 2. The molecule has 28 heavy (non-hydrogen) atoms. The zero-order valence-corrected chi connectivity index (χ0v) is 17.7. The fraction of sp³-hybridized carbons (Fsp3) is 0.263. The standard InChI is InChI=1S/C19H23N3O4S2/c1-13(27-17-10-8-15(9-11-17)20-14(2)23)19(24)21-16-6-5-7-18(12-16)28(25,26)22(3)4/h5-13H,1-4H3,(H,20,23)(H,21,24)/t13-/m0/s1. The Hall–Kier alpha value is -2.36. The molecule has 0 spiro atoms. The summed E-state index contributed by atoms with van der Waals surface area (Å²) in [6, 6.07) is 13.3. The average molecular weight is 422 g/mol. The van der Waals surface area contributed by atoms with E-state index in [1.54, 1.807) is 31.2 Å². The van der Waals surface area contributed by atoms with Crippen LogP contribution >= 0.6 is 11.8 Å². The molecule has 1 atom stereocenters. The first-order valence-corrected chi connectivity index (χ1v) is 10.8. The summed E-state index contributed by atoms with van der Waals surface area (Å²) in [7, 11) is -0.660. The van der Waals surface area contributed by atoms with Crippen LogP contribution in [0.15, 0.2) is 58.3 Å². The van der Waals surface area contributed by atoms with Crippen molar-refractivity contribution in [1.82, 2.24) is 4.31 Å². The SMILES string of the molecule is CC(=O)Nc1ccc(S[C@@H](C)C(=O)Nc2cccc(S(=O)(=O)N(C)C)c2)cc1. The van der Waals surface area contributed by atoms with E-state index >= 15 is 0 Å². The lowest BCUT2D eigenvalue weighted by atomic mass is 10.3. The van der Waals surface area contributed by atoms with Crippen molar-refractivity contribution in [3.05, 3.63) is 48.5 Å². The van der Waals surface area contributed by atoms with Crippen molar-refractivity contribution in [2.24, 2.45) is 0 Å². The van der Waals surface area contributed by atoms with Crippen LogP contribution in [-0.4, -0.2) is 43.9 Å². The van der Waals surface area contributed by atoms with Gasteiger partial charge in [-0.2, -0.15) is 0 Å². The fourth-order valence-electron chi connectivity index (χ4n) is 2.27. The number of nitrogens with one attached hydrogen (secondary N) is 2. The van der Waals surface area contributed by atoms with Crippen molar-refractivity contribution < 1.29 is 18.0 Å². The number of carbonyl (C=O) groups is 2. The molecule has 2 N–H and O–H groups in total. The van der Waals surface area contributed by atoms with Gasteiger partial charge in [-0.05, 0) is 49.4 Å². The Balaban J connectivity index is 2.04. The van der Waals surface area contributed by atoms with Crippen LogP contribution in [0.25, 0.3) is 0 Å². The second-order valence-electron chi connectivity index (χ2n) is 6.27. The molecule has 0 radical (unpaired) electrons. The molecule has 0 saturated heterocycles. The van der Waals surface area contributed by atoms with Gasteiger partial charge in [-0.3, -0.25) is 9.59 Å². The molecule has 7 nitrogen and oxygen atoms in total. The highest BCUT2D eigenvalue weighted by Gasteiger charge is 2.19. The van der Waals surface area contributed by atoms with Gasteiger partial charge in [0.15, 0.2) is 0 Å². The number of amides is 2. The third-order valence-electron chi connectivity index (χ3n) is 3.74.